The van der Waals surface area contributed by atoms with Gasteiger partial charge in [0.2, 0.25) is 0 Å². The SMILES string of the molecule is CCC(COOC(C)(C)c1ccccc1C(C)(C)OOCC(CC)C(C)(C)C)C(C)(C)C. The van der Waals surface area contributed by atoms with E-state index in [1.54, 1.807) is 0 Å². The van der Waals surface area contributed by atoms with Crippen LogP contribution in [0.3, 0.4) is 0 Å². The summed E-state index contributed by atoms with van der Waals surface area (Å²) in [5, 5.41) is 0. The van der Waals surface area contributed by atoms with Crippen molar-refractivity contribution in [1.82, 2.24) is 0 Å². The third kappa shape index (κ3) is 8.44. The maximum absolute atomic E-state index is 5.99. The van der Waals surface area contributed by atoms with Crippen molar-refractivity contribution in [3.05, 3.63) is 35.4 Å². The van der Waals surface area contributed by atoms with E-state index in [1.165, 1.54) is 0 Å². The Kier molecular flexibility index (Phi) is 10.4. The lowest BCUT2D eigenvalue weighted by atomic mass is 9.80. The highest BCUT2D eigenvalue weighted by atomic mass is 17.2. The van der Waals surface area contributed by atoms with Crippen LogP contribution in [0.4, 0.5) is 0 Å². The molecule has 0 bridgehead atoms. The maximum Gasteiger partial charge on any atom is 0.123 e. The van der Waals surface area contributed by atoms with E-state index in [0.29, 0.717) is 25.0 Å². The molecule has 1 aromatic rings. The average Bonchev–Trinajstić information content (AvgIpc) is 2.66. The van der Waals surface area contributed by atoms with Gasteiger partial charge in [-0.1, -0.05) is 92.5 Å². The largest absolute Gasteiger partial charge is 0.236 e. The van der Waals surface area contributed by atoms with Crippen LogP contribution in [0.15, 0.2) is 24.3 Å². The van der Waals surface area contributed by atoms with E-state index in [4.69, 9.17) is 19.6 Å². The van der Waals surface area contributed by atoms with Gasteiger partial charge in [-0.3, -0.25) is 0 Å². The summed E-state index contributed by atoms with van der Waals surface area (Å²) in [6, 6.07) is 8.21. The Balaban J connectivity index is 2.92. The van der Waals surface area contributed by atoms with Crippen molar-refractivity contribution < 1.29 is 19.6 Å². The second kappa shape index (κ2) is 11.5. The lowest BCUT2D eigenvalue weighted by Crippen LogP contribution is -2.33. The summed E-state index contributed by atoms with van der Waals surface area (Å²) in [4.78, 5) is 23.6. The number of rotatable bonds is 12. The molecule has 0 fully saturated rings. The van der Waals surface area contributed by atoms with Gasteiger partial charge in [0.25, 0.3) is 0 Å². The minimum atomic E-state index is -0.634. The smallest absolute Gasteiger partial charge is 0.123 e. The van der Waals surface area contributed by atoms with Gasteiger partial charge >= 0.3 is 0 Å². The molecule has 4 heteroatoms. The number of hydrogen-bond acceptors (Lipinski definition) is 4. The predicted octanol–water partition coefficient (Wildman–Crippen LogP) is 8.20. The van der Waals surface area contributed by atoms with Crippen LogP contribution in [0.25, 0.3) is 0 Å². The molecule has 1 aromatic carbocycles. The highest BCUT2D eigenvalue weighted by Crippen LogP contribution is 2.37. The Morgan fingerprint density at radius 3 is 1.16 bits per heavy atom. The van der Waals surface area contributed by atoms with Gasteiger partial charge in [0.15, 0.2) is 0 Å². The molecule has 0 saturated carbocycles. The van der Waals surface area contributed by atoms with Crippen LogP contribution in [0.2, 0.25) is 0 Å². The van der Waals surface area contributed by atoms with Crippen molar-refractivity contribution >= 4 is 0 Å². The van der Waals surface area contributed by atoms with Gasteiger partial charge in [-0.25, -0.2) is 19.6 Å². The molecule has 0 aliphatic heterocycles. The minimum absolute atomic E-state index is 0.177. The molecule has 32 heavy (non-hydrogen) atoms. The Morgan fingerprint density at radius 1 is 0.594 bits per heavy atom. The standard InChI is InChI=1S/C28H50O4/c1-13-21(25(3,4)5)19-29-31-27(9,10)23-17-15-16-18-24(23)28(11,12)32-30-20-22(14-2)26(6,7)8/h15-18,21-22H,13-14,19-20H2,1-12H3. The molecular weight excluding hydrogens is 400 g/mol. The zero-order chi connectivity index (χ0) is 24.8. The van der Waals surface area contributed by atoms with Crippen molar-refractivity contribution in [3.63, 3.8) is 0 Å². The molecule has 0 amide bonds. The lowest BCUT2D eigenvalue weighted by Gasteiger charge is -2.35. The summed E-state index contributed by atoms with van der Waals surface area (Å²) in [6.45, 7) is 27.1. The third-order valence-corrected chi connectivity index (χ3v) is 6.73. The second-order valence-corrected chi connectivity index (χ2v) is 12.2. The first-order valence-electron chi connectivity index (χ1n) is 12.3. The van der Waals surface area contributed by atoms with Crippen molar-refractivity contribution in [2.45, 2.75) is 107 Å². The van der Waals surface area contributed by atoms with Crippen LogP contribution < -0.4 is 0 Å². The minimum Gasteiger partial charge on any atom is -0.236 e. The Morgan fingerprint density at radius 2 is 0.906 bits per heavy atom. The van der Waals surface area contributed by atoms with Gasteiger partial charge in [-0.05, 0) is 61.5 Å². The monoisotopic (exact) mass is 450 g/mol. The summed E-state index contributed by atoms with van der Waals surface area (Å²) in [5.41, 5.74) is 1.14. The maximum atomic E-state index is 5.99. The molecule has 0 heterocycles. The number of benzene rings is 1. The van der Waals surface area contributed by atoms with E-state index in [9.17, 15) is 0 Å². The second-order valence-electron chi connectivity index (χ2n) is 12.2. The van der Waals surface area contributed by atoms with Gasteiger partial charge in [0, 0.05) is 0 Å². The molecule has 186 valence electrons. The van der Waals surface area contributed by atoms with Crippen LogP contribution in [0, 0.1) is 22.7 Å². The van der Waals surface area contributed by atoms with E-state index in [2.05, 4.69) is 67.5 Å². The van der Waals surface area contributed by atoms with E-state index < -0.39 is 11.2 Å². The fourth-order valence-electron chi connectivity index (χ4n) is 4.11. The van der Waals surface area contributed by atoms with Crippen molar-refractivity contribution in [1.29, 1.82) is 0 Å². The summed E-state index contributed by atoms with van der Waals surface area (Å²) in [5.74, 6) is 0.854. The Hall–Kier alpha value is -0.940. The average molecular weight is 451 g/mol. The van der Waals surface area contributed by atoms with Crippen molar-refractivity contribution in [3.8, 4) is 0 Å². The molecule has 2 unspecified atom stereocenters. The van der Waals surface area contributed by atoms with E-state index in [1.807, 2.05) is 39.8 Å². The molecule has 4 nitrogen and oxygen atoms in total. The van der Waals surface area contributed by atoms with Gasteiger partial charge < -0.3 is 0 Å². The van der Waals surface area contributed by atoms with Gasteiger partial charge in [0.1, 0.15) is 11.2 Å². The Labute approximate surface area is 198 Å². The molecule has 0 N–H and O–H groups in total. The topological polar surface area (TPSA) is 36.9 Å². The zero-order valence-electron chi connectivity index (χ0n) is 22.9. The fourth-order valence-corrected chi connectivity index (χ4v) is 4.11. The first kappa shape index (κ1) is 29.1. The Bertz CT molecular complexity index is 620. The van der Waals surface area contributed by atoms with Gasteiger partial charge in [-0.2, -0.15) is 0 Å². The summed E-state index contributed by atoms with van der Waals surface area (Å²) in [7, 11) is 0. The molecule has 0 spiro atoms. The molecule has 0 aromatic heterocycles. The first-order chi connectivity index (χ1) is 14.6. The normalized spacial score (nSPS) is 15.6. The highest BCUT2D eigenvalue weighted by Gasteiger charge is 2.35. The van der Waals surface area contributed by atoms with Crippen LogP contribution in [0.5, 0.6) is 0 Å². The van der Waals surface area contributed by atoms with Gasteiger partial charge in [0.05, 0.1) is 13.2 Å². The zero-order valence-corrected chi connectivity index (χ0v) is 22.9. The first-order valence-corrected chi connectivity index (χ1v) is 12.3. The predicted molar refractivity (Wildman–Crippen MR) is 133 cm³/mol. The molecule has 0 saturated heterocycles. The molecule has 0 aliphatic carbocycles. The molecule has 2 atom stereocenters. The molecule has 0 radical (unpaired) electrons. The summed E-state index contributed by atoms with van der Waals surface area (Å²) < 4.78 is 0. The van der Waals surface area contributed by atoms with Crippen LogP contribution in [0.1, 0.15) is 107 Å². The quantitative estimate of drug-likeness (QED) is 0.237. The summed E-state index contributed by atoms with van der Waals surface area (Å²) in [6.07, 6.45) is 2.10. The van der Waals surface area contributed by atoms with Crippen LogP contribution in [-0.4, -0.2) is 13.2 Å². The van der Waals surface area contributed by atoms with Gasteiger partial charge in [-0.15, -0.1) is 0 Å². The van der Waals surface area contributed by atoms with E-state index in [-0.39, 0.29) is 10.8 Å². The van der Waals surface area contributed by atoms with E-state index >= 15 is 0 Å². The van der Waals surface area contributed by atoms with Crippen molar-refractivity contribution in [2.75, 3.05) is 13.2 Å². The summed E-state index contributed by atoms with van der Waals surface area (Å²) >= 11 is 0. The third-order valence-electron chi connectivity index (χ3n) is 6.73. The number of hydrogen-bond donors (Lipinski definition) is 0. The highest BCUT2D eigenvalue weighted by molar-refractivity contribution is 5.35. The van der Waals surface area contributed by atoms with Crippen LogP contribution >= 0.6 is 0 Å². The van der Waals surface area contributed by atoms with E-state index in [0.717, 1.165) is 24.0 Å². The fraction of sp³-hybridized carbons (Fsp3) is 0.786. The molecule has 0 aliphatic rings. The lowest BCUT2D eigenvalue weighted by molar-refractivity contribution is -0.372. The molecule has 1 rings (SSSR count). The van der Waals surface area contributed by atoms with Crippen LogP contribution in [-0.2, 0) is 30.8 Å². The molecular formula is C28H50O4. The van der Waals surface area contributed by atoms with Crippen molar-refractivity contribution in [2.24, 2.45) is 22.7 Å².